The van der Waals surface area contributed by atoms with Gasteiger partial charge in [0.05, 0.1) is 5.75 Å². The fourth-order valence-electron chi connectivity index (χ4n) is 3.39. The average Bonchev–Trinajstić information content (AvgIpc) is 3.23. The van der Waals surface area contributed by atoms with Crippen molar-refractivity contribution in [3.05, 3.63) is 57.6 Å². The summed E-state index contributed by atoms with van der Waals surface area (Å²) in [6.45, 7) is 0.756. The lowest BCUT2D eigenvalue weighted by Crippen LogP contribution is -2.42. The summed E-state index contributed by atoms with van der Waals surface area (Å²) in [7, 11) is -3.39. The third-order valence-electron chi connectivity index (χ3n) is 4.79. The summed E-state index contributed by atoms with van der Waals surface area (Å²) < 4.78 is 28.2. The van der Waals surface area contributed by atoms with Crippen LogP contribution in [-0.2, 0) is 15.8 Å². The smallest absolute Gasteiger partial charge is 0.360 e. The fraction of sp³-hybridized carbons (Fsp3) is 0.353. The fourth-order valence-corrected chi connectivity index (χ4v) is 5.67. The number of nitro groups is 1. The van der Waals surface area contributed by atoms with Crippen molar-refractivity contribution in [3.8, 4) is 0 Å². The van der Waals surface area contributed by atoms with Crippen LogP contribution in [0, 0.1) is 10.1 Å². The minimum atomic E-state index is -3.39. The second-order valence-electron chi connectivity index (χ2n) is 6.66. The summed E-state index contributed by atoms with van der Waals surface area (Å²) in [4.78, 5) is 15.8. The number of aromatic nitrogens is 2. The van der Waals surface area contributed by atoms with Crippen molar-refractivity contribution >= 4 is 38.0 Å². The zero-order valence-corrected chi connectivity index (χ0v) is 16.5. The lowest BCUT2D eigenvalue weighted by molar-refractivity contribution is -0.389. The standard InChI is InChI=1S/C17H19N5O4S2/c23-22(24)16-15(19-17-21(16)10-11-27-17)18-14-6-8-20(9-7-14)28(25,26)12-13-4-2-1-3-5-13/h1-5,10-11,14,18H,6-9,12H2. The van der Waals surface area contributed by atoms with Crippen molar-refractivity contribution in [2.24, 2.45) is 0 Å². The Kier molecular flexibility index (Phi) is 5.04. The van der Waals surface area contributed by atoms with Crippen LogP contribution in [0.4, 0.5) is 11.6 Å². The normalized spacial score (nSPS) is 16.4. The Morgan fingerprint density at radius 2 is 1.96 bits per heavy atom. The first-order chi connectivity index (χ1) is 13.4. The van der Waals surface area contributed by atoms with Gasteiger partial charge in [-0.1, -0.05) is 41.7 Å². The Morgan fingerprint density at radius 3 is 2.64 bits per heavy atom. The number of imidazole rings is 1. The van der Waals surface area contributed by atoms with Crippen molar-refractivity contribution in [2.45, 2.75) is 24.6 Å². The molecule has 148 valence electrons. The quantitative estimate of drug-likeness (QED) is 0.484. The number of hydrogen-bond donors (Lipinski definition) is 1. The van der Waals surface area contributed by atoms with Gasteiger partial charge in [0, 0.05) is 24.5 Å². The van der Waals surface area contributed by atoms with Gasteiger partial charge in [-0.05, 0) is 23.3 Å². The van der Waals surface area contributed by atoms with E-state index >= 15 is 0 Å². The van der Waals surface area contributed by atoms with E-state index in [0.717, 1.165) is 5.56 Å². The molecular weight excluding hydrogens is 402 g/mol. The Morgan fingerprint density at radius 1 is 1.25 bits per heavy atom. The molecule has 0 amide bonds. The van der Waals surface area contributed by atoms with Crippen LogP contribution in [0.5, 0.6) is 0 Å². The molecule has 4 rings (SSSR count). The number of thiazole rings is 1. The number of nitrogens with one attached hydrogen (secondary N) is 1. The highest BCUT2D eigenvalue weighted by Crippen LogP contribution is 2.30. The van der Waals surface area contributed by atoms with Gasteiger partial charge >= 0.3 is 5.82 Å². The van der Waals surface area contributed by atoms with E-state index in [1.54, 1.807) is 23.7 Å². The van der Waals surface area contributed by atoms with Gasteiger partial charge in [-0.15, -0.1) is 0 Å². The summed E-state index contributed by atoms with van der Waals surface area (Å²) in [6, 6.07) is 9.04. The van der Waals surface area contributed by atoms with E-state index in [2.05, 4.69) is 10.3 Å². The van der Waals surface area contributed by atoms with Crippen LogP contribution < -0.4 is 5.32 Å². The molecule has 1 aromatic carbocycles. The van der Waals surface area contributed by atoms with E-state index in [4.69, 9.17) is 0 Å². The maximum absolute atomic E-state index is 12.6. The molecule has 0 bridgehead atoms. The highest BCUT2D eigenvalue weighted by Gasteiger charge is 2.31. The van der Waals surface area contributed by atoms with Crippen LogP contribution in [0.3, 0.4) is 0 Å². The molecular formula is C17H19N5O4S2. The number of anilines is 1. The first kappa shape index (κ1) is 18.8. The lowest BCUT2D eigenvalue weighted by Gasteiger charge is -2.31. The molecule has 0 spiro atoms. The van der Waals surface area contributed by atoms with Crippen molar-refractivity contribution in [3.63, 3.8) is 0 Å². The second kappa shape index (κ2) is 7.49. The molecule has 28 heavy (non-hydrogen) atoms. The van der Waals surface area contributed by atoms with E-state index in [1.807, 2.05) is 18.2 Å². The zero-order valence-electron chi connectivity index (χ0n) is 14.9. The minimum absolute atomic E-state index is 0.0191. The van der Waals surface area contributed by atoms with Gasteiger partial charge in [-0.25, -0.2) is 12.7 Å². The molecule has 1 saturated heterocycles. The Hall–Kier alpha value is -2.50. The summed E-state index contributed by atoms with van der Waals surface area (Å²) in [5, 5.41) is 16.3. The highest BCUT2D eigenvalue weighted by molar-refractivity contribution is 7.88. The lowest BCUT2D eigenvalue weighted by atomic mass is 10.1. The Labute approximate surface area is 165 Å². The average molecular weight is 422 g/mol. The molecule has 0 radical (unpaired) electrons. The van der Waals surface area contributed by atoms with Gasteiger partial charge in [0.15, 0.2) is 0 Å². The number of nitrogens with zero attached hydrogens (tertiary/aromatic N) is 4. The van der Waals surface area contributed by atoms with Crippen LogP contribution in [0.25, 0.3) is 4.96 Å². The maximum Gasteiger partial charge on any atom is 0.372 e. The van der Waals surface area contributed by atoms with Crippen LogP contribution in [0.15, 0.2) is 41.9 Å². The van der Waals surface area contributed by atoms with E-state index in [0.29, 0.717) is 30.9 Å². The number of rotatable bonds is 6. The van der Waals surface area contributed by atoms with Crippen LogP contribution in [-0.4, -0.2) is 46.2 Å². The van der Waals surface area contributed by atoms with Crippen LogP contribution in [0.2, 0.25) is 0 Å². The number of benzene rings is 1. The van der Waals surface area contributed by atoms with E-state index in [9.17, 15) is 18.5 Å². The Balaban J connectivity index is 1.41. The summed E-state index contributed by atoms with van der Waals surface area (Å²) in [5.41, 5.74) is 0.761. The molecule has 0 saturated carbocycles. The summed E-state index contributed by atoms with van der Waals surface area (Å²) in [6.07, 6.45) is 2.75. The molecule has 2 aromatic heterocycles. The molecule has 3 heterocycles. The number of piperidine rings is 1. The third kappa shape index (κ3) is 3.73. The summed E-state index contributed by atoms with van der Waals surface area (Å²) in [5.74, 6) is 0.132. The monoisotopic (exact) mass is 421 g/mol. The van der Waals surface area contributed by atoms with Crippen molar-refractivity contribution < 1.29 is 13.3 Å². The predicted octanol–water partition coefficient (Wildman–Crippen LogP) is 2.71. The van der Waals surface area contributed by atoms with Crippen LogP contribution >= 0.6 is 11.3 Å². The maximum atomic E-state index is 12.6. The van der Waals surface area contributed by atoms with Gasteiger partial charge in [0.1, 0.15) is 6.20 Å². The topological polar surface area (TPSA) is 110 Å². The molecule has 1 fully saturated rings. The third-order valence-corrected chi connectivity index (χ3v) is 7.40. The van der Waals surface area contributed by atoms with Gasteiger partial charge in [0.2, 0.25) is 15.8 Å². The second-order valence-corrected chi connectivity index (χ2v) is 9.50. The van der Waals surface area contributed by atoms with E-state index < -0.39 is 14.9 Å². The van der Waals surface area contributed by atoms with E-state index in [-0.39, 0.29) is 23.4 Å². The SMILES string of the molecule is O=[N+]([O-])c1c(NC2CCN(S(=O)(=O)Cc3ccccc3)CC2)nc2sccn12. The van der Waals surface area contributed by atoms with Gasteiger partial charge in [-0.2, -0.15) is 9.38 Å². The van der Waals surface area contributed by atoms with Crippen LogP contribution in [0.1, 0.15) is 18.4 Å². The number of fused-ring (bicyclic) bond motifs is 1. The number of hydrogen-bond acceptors (Lipinski definition) is 7. The van der Waals surface area contributed by atoms with Crippen molar-refractivity contribution in [1.82, 2.24) is 13.7 Å². The molecule has 11 heteroatoms. The van der Waals surface area contributed by atoms with Crippen molar-refractivity contribution in [1.29, 1.82) is 0 Å². The molecule has 0 aliphatic carbocycles. The predicted molar refractivity (Wildman–Crippen MR) is 107 cm³/mol. The minimum Gasteiger partial charge on any atom is -0.360 e. The first-order valence-electron chi connectivity index (χ1n) is 8.82. The van der Waals surface area contributed by atoms with E-state index in [1.165, 1.54) is 20.0 Å². The molecule has 9 nitrogen and oxygen atoms in total. The summed E-state index contributed by atoms with van der Waals surface area (Å²) >= 11 is 1.33. The number of sulfonamides is 1. The van der Waals surface area contributed by atoms with Gasteiger partial charge in [0.25, 0.3) is 4.96 Å². The highest BCUT2D eigenvalue weighted by atomic mass is 32.2. The molecule has 3 aromatic rings. The molecule has 0 atom stereocenters. The molecule has 0 unspecified atom stereocenters. The molecule has 1 aliphatic rings. The van der Waals surface area contributed by atoms with Gasteiger partial charge in [-0.3, -0.25) is 0 Å². The largest absolute Gasteiger partial charge is 0.372 e. The molecule has 1 aliphatic heterocycles. The zero-order chi connectivity index (χ0) is 19.7. The molecule has 1 N–H and O–H groups in total. The first-order valence-corrected chi connectivity index (χ1v) is 11.3. The Bertz CT molecular complexity index is 1090. The van der Waals surface area contributed by atoms with Gasteiger partial charge < -0.3 is 15.4 Å². The van der Waals surface area contributed by atoms with Crippen molar-refractivity contribution in [2.75, 3.05) is 18.4 Å².